The van der Waals surface area contributed by atoms with Crippen molar-refractivity contribution >= 4 is 17.0 Å². The molecule has 3 aromatic rings. The van der Waals surface area contributed by atoms with Gasteiger partial charge in [-0.25, -0.2) is 19.3 Å². The van der Waals surface area contributed by atoms with Gasteiger partial charge in [0, 0.05) is 36.9 Å². The van der Waals surface area contributed by atoms with Gasteiger partial charge in [0.25, 0.3) is 0 Å². The average Bonchev–Trinajstić information content (AvgIpc) is 3.21. The van der Waals surface area contributed by atoms with E-state index in [9.17, 15) is 0 Å². The van der Waals surface area contributed by atoms with Crippen LogP contribution in [-0.2, 0) is 0 Å². The number of nitrogens with one attached hydrogen (secondary N) is 1. The SMILES string of the molecule is CC/C=C(\C=C/C1=C(C)CCN(CC(C)C)C1)Nc1ncc(F)c(-c2cc(C)c3nc(C)n(C(C)C)c3c2)n1. The van der Waals surface area contributed by atoms with Crippen LogP contribution in [0, 0.1) is 25.6 Å². The fourth-order valence-corrected chi connectivity index (χ4v) is 5.41. The van der Waals surface area contributed by atoms with Gasteiger partial charge in [-0.15, -0.1) is 0 Å². The Morgan fingerprint density at radius 3 is 2.59 bits per heavy atom. The smallest absolute Gasteiger partial charge is 0.227 e. The standard InChI is InChI=1S/C32H43FN6/c1-9-10-27(12-11-25-19-38(18-20(2)3)14-13-22(25)6)36-32-34-17-28(33)31(37-32)26-15-23(7)30-29(16-26)39(21(4)5)24(8)35-30/h10-12,15-17,20-21H,9,13-14,18-19H2,1-8H3,(H,34,36,37)/b12-11-,27-10+. The van der Waals surface area contributed by atoms with Crippen molar-refractivity contribution in [2.24, 2.45) is 5.92 Å². The minimum Gasteiger partial charge on any atom is -0.326 e. The summed E-state index contributed by atoms with van der Waals surface area (Å²) in [5.41, 5.74) is 7.61. The molecular formula is C32H43FN6. The highest BCUT2D eigenvalue weighted by Gasteiger charge is 2.18. The first-order valence-corrected chi connectivity index (χ1v) is 14.2. The van der Waals surface area contributed by atoms with Crippen molar-refractivity contribution in [3.05, 3.63) is 70.6 Å². The molecule has 0 unspecified atom stereocenters. The number of hydrogen-bond acceptors (Lipinski definition) is 5. The number of hydrogen-bond donors (Lipinski definition) is 1. The summed E-state index contributed by atoms with van der Waals surface area (Å²) in [5, 5.41) is 3.33. The van der Waals surface area contributed by atoms with Crippen LogP contribution in [0.2, 0.25) is 0 Å². The lowest BCUT2D eigenvalue weighted by molar-refractivity contribution is 0.256. The Kier molecular flexibility index (Phi) is 9.01. The average molecular weight is 531 g/mol. The van der Waals surface area contributed by atoms with Crippen LogP contribution in [-0.4, -0.2) is 44.1 Å². The molecule has 39 heavy (non-hydrogen) atoms. The van der Waals surface area contributed by atoms with Crippen molar-refractivity contribution in [3.63, 3.8) is 0 Å². The molecule has 1 aliphatic rings. The molecule has 3 heterocycles. The largest absolute Gasteiger partial charge is 0.326 e. The van der Waals surface area contributed by atoms with Gasteiger partial charge >= 0.3 is 0 Å². The molecule has 4 rings (SSSR count). The molecule has 0 aliphatic carbocycles. The second kappa shape index (κ2) is 12.2. The Bertz CT molecular complexity index is 1430. The lowest BCUT2D eigenvalue weighted by Crippen LogP contribution is -2.34. The molecule has 2 aromatic heterocycles. The van der Waals surface area contributed by atoms with E-state index in [4.69, 9.17) is 4.98 Å². The van der Waals surface area contributed by atoms with Crippen molar-refractivity contribution < 1.29 is 4.39 Å². The third-order valence-corrected chi connectivity index (χ3v) is 7.21. The number of halogens is 1. The van der Waals surface area contributed by atoms with Crippen LogP contribution in [0.25, 0.3) is 22.3 Å². The maximum atomic E-state index is 15.1. The number of imidazole rings is 1. The maximum Gasteiger partial charge on any atom is 0.227 e. The van der Waals surface area contributed by atoms with Gasteiger partial charge in [-0.2, -0.15) is 0 Å². The van der Waals surface area contributed by atoms with Gasteiger partial charge in [-0.1, -0.05) is 38.5 Å². The summed E-state index contributed by atoms with van der Waals surface area (Å²) in [4.78, 5) is 16.2. The zero-order chi connectivity index (χ0) is 28.3. The molecule has 0 spiro atoms. The number of allylic oxidation sites excluding steroid dienone is 2. The lowest BCUT2D eigenvalue weighted by Gasteiger charge is -2.30. The fraction of sp³-hybridized carbons (Fsp3) is 0.469. The fourth-order valence-electron chi connectivity index (χ4n) is 5.41. The van der Waals surface area contributed by atoms with Crippen LogP contribution in [0.3, 0.4) is 0 Å². The quantitative estimate of drug-likeness (QED) is 0.286. The molecule has 0 bridgehead atoms. The van der Waals surface area contributed by atoms with Gasteiger partial charge in [-0.05, 0) is 82.7 Å². The Balaban J connectivity index is 1.62. The number of aromatic nitrogens is 4. The van der Waals surface area contributed by atoms with E-state index in [2.05, 4.69) is 84.5 Å². The van der Waals surface area contributed by atoms with E-state index in [-0.39, 0.29) is 11.7 Å². The zero-order valence-corrected chi connectivity index (χ0v) is 24.8. The van der Waals surface area contributed by atoms with Crippen molar-refractivity contribution in [2.45, 2.75) is 74.3 Å². The zero-order valence-electron chi connectivity index (χ0n) is 24.8. The van der Waals surface area contributed by atoms with E-state index >= 15 is 4.39 Å². The third-order valence-electron chi connectivity index (χ3n) is 7.21. The van der Waals surface area contributed by atoms with Gasteiger partial charge in [0.15, 0.2) is 5.82 Å². The number of rotatable bonds is 9. The summed E-state index contributed by atoms with van der Waals surface area (Å²) in [6, 6.07) is 4.19. The van der Waals surface area contributed by atoms with Crippen LogP contribution in [0.4, 0.5) is 10.3 Å². The summed E-state index contributed by atoms with van der Waals surface area (Å²) in [6.45, 7) is 20.3. The number of fused-ring (bicyclic) bond motifs is 1. The third kappa shape index (κ3) is 6.64. The van der Waals surface area contributed by atoms with Gasteiger partial charge in [-0.3, -0.25) is 4.90 Å². The Hall–Kier alpha value is -3.32. The van der Waals surface area contributed by atoms with Crippen molar-refractivity contribution in [1.29, 1.82) is 0 Å². The Morgan fingerprint density at radius 1 is 1.13 bits per heavy atom. The lowest BCUT2D eigenvalue weighted by atomic mass is 10.00. The number of aryl methyl sites for hydroxylation is 2. The minimum absolute atomic E-state index is 0.242. The van der Waals surface area contributed by atoms with Crippen LogP contribution in [0.15, 0.2) is 53.4 Å². The summed E-state index contributed by atoms with van der Waals surface area (Å²) in [7, 11) is 0. The predicted molar refractivity (Wildman–Crippen MR) is 160 cm³/mol. The highest BCUT2D eigenvalue weighted by atomic mass is 19.1. The molecule has 0 fully saturated rings. The molecule has 0 atom stereocenters. The summed E-state index contributed by atoms with van der Waals surface area (Å²) in [6.07, 6.45) is 9.59. The van der Waals surface area contributed by atoms with E-state index in [0.29, 0.717) is 11.9 Å². The molecule has 6 nitrogen and oxygen atoms in total. The molecule has 1 aromatic carbocycles. The molecule has 208 valence electrons. The van der Waals surface area contributed by atoms with Crippen LogP contribution >= 0.6 is 0 Å². The van der Waals surface area contributed by atoms with E-state index in [1.54, 1.807) is 0 Å². The van der Waals surface area contributed by atoms with Gasteiger partial charge in [0.1, 0.15) is 11.5 Å². The molecule has 0 amide bonds. The van der Waals surface area contributed by atoms with E-state index < -0.39 is 5.82 Å². The molecule has 1 N–H and O–H groups in total. The highest BCUT2D eigenvalue weighted by molar-refractivity contribution is 5.85. The monoisotopic (exact) mass is 530 g/mol. The summed E-state index contributed by atoms with van der Waals surface area (Å²) in [5.74, 6) is 1.52. The summed E-state index contributed by atoms with van der Waals surface area (Å²) < 4.78 is 17.3. The minimum atomic E-state index is -0.448. The van der Waals surface area contributed by atoms with Crippen molar-refractivity contribution in [1.82, 2.24) is 24.4 Å². The maximum absolute atomic E-state index is 15.1. The topological polar surface area (TPSA) is 58.9 Å². The molecule has 0 saturated heterocycles. The van der Waals surface area contributed by atoms with Gasteiger partial charge in [0.05, 0.1) is 17.2 Å². The van der Waals surface area contributed by atoms with E-state index in [1.807, 2.05) is 26.0 Å². The molecular weight excluding hydrogens is 487 g/mol. The van der Waals surface area contributed by atoms with Crippen LogP contribution in [0.1, 0.15) is 71.8 Å². The number of nitrogens with zero attached hydrogens (tertiary/aromatic N) is 5. The van der Waals surface area contributed by atoms with Crippen molar-refractivity contribution in [3.8, 4) is 11.3 Å². The highest BCUT2D eigenvalue weighted by Crippen LogP contribution is 2.31. The van der Waals surface area contributed by atoms with Gasteiger partial charge < -0.3 is 9.88 Å². The summed E-state index contributed by atoms with van der Waals surface area (Å²) >= 11 is 0. The molecule has 0 saturated carbocycles. The Morgan fingerprint density at radius 2 is 1.90 bits per heavy atom. The second-order valence-corrected chi connectivity index (χ2v) is 11.4. The number of benzene rings is 1. The first kappa shape index (κ1) is 28.7. The molecule has 7 heteroatoms. The van der Waals surface area contributed by atoms with E-state index in [0.717, 1.165) is 66.2 Å². The van der Waals surface area contributed by atoms with Crippen LogP contribution in [0.5, 0.6) is 0 Å². The normalized spacial score (nSPS) is 15.5. The first-order chi connectivity index (χ1) is 18.6. The first-order valence-electron chi connectivity index (χ1n) is 14.2. The molecule has 1 aliphatic heterocycles. The van der Waals surface area contributed by atoms with Crippen LogP contribution < -0.4 is 5.32 Å². The second-order valence-electron chi connectivity index (χ2n) is 11.4. The number of anilines is 1. The van der Waals surface area contributed by atoms with Gasteiger partial charge in [0.2, 0.25) is 5.95 Å². The van der Waals surface area contributed by atoms with Crippen molar-refractivity contribution in [2.75, 3.05) is 25.0 Å². The molecule has 0 radical (unpaired) electrons. The Labute approximate surface area is 232 Å². The van der Waals surface area contributed by atoms with E-state index in [1.165, 1.54) is 17.3 Å². The predicted octanol–water partition coefficient (Wildman–Crippen LogP) is 7.77.